The van der Waals surface area contributed by atoms with E-state index in [0.717, 1.165) is 50.7 Å². The van der Waals surface area contributed by atoms with E-state index in [1.165, 1.54) is 36.2 Å². The molecule has 146 valence electrons. The molecule has 1 aromatic heterocycles. The summed E-state index contributed by atoms with van der Waals surface area (Å²) in [5, 5.41) is 15.6. The predicted molar refractivity (Wildman–Crippen MR) is 110 cm³/mol. The van der Waals surface area contributed by atoms with Crippen molar-refractivity contribution in [3.63, 3.8) is 0 Å². The number of nitrogens with zero attached hydrogens (tertiary/aromatic N) is 4. The summed E-state index contributed by atoms with van der Waals surface area (Å²) in [5.74, 6) is 3.18. The van der Waals surface area contributed by atoms with Crippen molar-refractivity contribution < 1.29 is 0 Å². The van der Waals surface area contributed by atoms with Crippen LogP contribution in [0.3, 0.4) is 0 Å². The van der Waals surface area contributed by atoms with Crippen LogP contribution < -0.4 is 10.6 Å². The molecule has 0 radical (unpaired) electrons. The normalized spacial score (nSPS) is 14.5. The van der Waals surface area contributed by atoms with Crippen molar-refractivity contribution in [3.8, 4) is 0 Å². The summed E-state index contributed by atoms with van der Waals surface area (Å²) in [4.78, 5) is 4.70. The van der Waals surface area contributed by atoms with Crippen LogP contribution in [0.25, 0.3) is 0 Å². The lowest BCUT2D eigenvalue weighted by molar-refractivity contribution is 0.594. The van der Waals surface area contributed by atoms with E-state index >= 15 is 0 Å². The number of rotatable bonds is 7. The average molecular weight is 369 g/mol. The number of fused-ring (bicyclic) bond motifs is 1. The molecular weight excluding hydrogens is 336 g/mol. The van der Waals surface area contributed by atoms with Crippen molar-refractivity contribution in [2.24, 2.45) is 4.99 Å². The van der Waals surface area contributed by atoms with Crippen LogP contribution in [0, 0.1) is 6.92 Å². The van der Waals surface area contributed by atoms with E-state index in [-0.39, 0.29) is 0 Å². The first-order chi connectivity index (χ1) is 13.3. The summed E-state index contributed by atoms with van der Waals surface area (Å²) < 4.78 is 2.34. The Morgan fingerprint density at radius 2 is 2.11 bits per heavy atom. The number of hydrogen-bond acceptors (Lipinski definition) is 3. The Bertz CT molecular complexity index is 749. The first-order valence-corrected chi connectivity index (χ1v) is 10.2. The summed E-state index contributed by atoms with van der Waals surface area (Å²) in [6, 6.07) is 8.50. The first kappa shape index (κ1) is 19.4. The zero-order chi connectivity index (χ0) is 18.9. The molecule has 2 heterocycles. The van der Waals surface area contributed by atoms with Crippen molar-refractivity contribution in [1.82, 2.24) is 25.4 Å². The predicted octanol–water partition coefficient (Wildman–Crippen LogP) is 3.00. The lowest BCUT2D eigenvalue weighted by Gasteiger charge is -2.12. The molecule has 0 fully saturated rings. The highest BCUT2D eigenvalue weighted by atomic mass is 15.3. The second-order valence-electron chi connectivity index (χ2n) is 7.21. The average Bonchev–Trinajstić information content (AvgIpc) is 2.89. The van der Waals surface area contributed by atoms with Crippen molar-refractivity contribution in [2.75, 3.05) is 13.1 Å². The van der Waals surface area contributed by atoms with Gasteiger partial charge in [-0.3, -0.25) is 0 Å². The fourth-order valence-corrected chi connectivity index (χ4v) is 3.51. The Hall–Kier alpha value is -2.37. The number of benzene rings is 1. The van der Waals surface area contributed by atoms with Crippen LogP contribution in [0.15, 0.2) is 29.3 Å². The molecule has 2 aromatic rings. The Morgan fingerprint density at radius 3 is 2.96 bits per heavy atom. The van der Waals surface area contributed by atoms with E-state index in [0.29, 0.717) is 6.54 Å². The maximum absolute atomic E-state index is 4.70. The zero-order valence-electron chi connectivity index (χ0n) is 16.7. The number of aromatic nitrogens is 3. The molecule has 6 nitrogen and oxygen atoms in total. The van der Waals surface area contributed by atoms with Gasteiger partial charge in [-0.15, -0.1) is 10.2 Å². The third-order valence-corrected chi connectivity index (χ3v) is 4.90. The number of aliphatic imine (C=N–C) groups is 1. The van der Waals surface area contributed by atoms with Crippen LogP contribution >= 0.6 is 0 Å². The Labute approximate surface area is 162 Å². The van der Waals surface area contributed by atoms with Gasteiger partial charge in [-0.1, -0.05) is 36.2 Å². The van der Waals surface area contributed by atoms with Gasteiger partial charge in [0.1, 0.15) is 11.6 Å². The number of hydrogen-bond donors (Lipinski definition) is 2. The molecule has 3 rings (SSSR count). The highest BCUT2D eigenvalue weighted by Gasteiger charge is 2.14. The quantitative estimate of drug-likeness (QED) is 0.448. The van der Waals surface area contributed by atoms with Gasteiger partial charge in [-0.25, -0.2) is 4.99 Å². The summed E-state index contributed by atoms with van der Waals surface area (Å²) >= 11 is 0. The lowest BCUT2D eigenvalue weighted by Crippen LogP contribution is -2.37. The first-order valence-electron chi connectivity index (χ1n) is 10.2. The van der Waals surface area contributed by atoms with Gasteiger partial charge in [-0.2, -0.15) is 0 Å². The fraction of sp³-hybridized carbons (Fsp3) is 0.571. The molecule has 0 saturated heterocycles. The highest BCUT2D eigenvalue weighted by Crippen LogP contribution is 2.15. The molecule has 2 N–H and O–H groups in total. The van der Waals surface area contributed by atoms with Crippen molar-refractivity contribution in [3.05, 3.63) is 47.0 Å². The van der Waals surface area contributed by atoms with E-state index in [4.69, 9.17) is 4.99 Å². The van der Waals surface area contributed by atoms with Crippen LogP contribution in [0.1, 0.15) is 55.4 Å². The Balaban J connectivity index is 1.48. The van der Waals surface area contributed by atoms with Gasteiger partial charge in [0.2, 0.25) is 0 Å². The van der Waals surface area contributed by atoms with Gasteiger partial charge >= 0.3 is 0 Å². The summed E-state index contributed by atoms with van der Waals surface area (Å²) in [7, 11) is 0. The third-order valence-electron chi connectivity index (χ3n) is 4.90. The largest absolute Gasteiger partial charge is 0.357 e. The molecule has 0 unspecified atom stereocenters. The summed E-state index contributed by atoms with van der Waals surface area (Å²) in [6.45, 7) is 7.71. The zero-order valence-corrected chi connectivity index (χ0v) is 16.7. The molecule has 0 amide bonds. The SMILES string of the molecule is CCNC(=NCc1cccc(C)c1)NCCCc1nnc2n1CCCCC2. The Kier molecular flexibility index (Phi) is 7.25. The minimum atomic E-state index is 0.689. The summed E-state index contributed by atoms with van der Waals surface area (Å²) in [6.07, 6.45) is 6.83. The van der Waals surface area contributed by atoms with E-state index in [9.17, 15) is 0 Å². The van der Waals surface area contributed by atoms with Crippen LogP contribution in [0.5, 0.6) is 0 Å². The second-order valence-corrected chi connectivity index (χ2v) is 7.21. The molecular formula is C21H32N6. The smallest absolute Gasteiger partial charge is 0.191 e. The number of aryl methyl sites for hydroxylation is 3. The standard InChI is InChI=1S/C21H32N6/c1-3-22-21(24-16-18-10-7-9-17(2)15-18)23-13-8-12-20-26-25-19-11-5-4-6-14-27(19)20/h7,9-10,15H,3-6,8,11-14,16H2,1-2H3,(H2,22,23,24). The third kappa shape index (κ3) is 5.81. The van der Waals surface area contributed by atoms with Gasteiger partial charge in [-0.05, 0) is 38.7 Å². The monoisotopic (exact) mass is 368 g/mol. The van der Waals surface area contributed by atoms with Crippen LogP contribution in [-0.2, 0) is 25.9 Å². The second kappa shape index (κ2) is 10.1. The maximum atomic E-state index is 4.70. The lowest BCUT2D eigenvalue weighted by atomic mass is 10.1. The van der Waals surface area contributed by atoms with Crippen molar-refractivity contribution in [2.45, 2.75) is 65.5 Å². The minimum absolute atomic E-state index is 0.689. The van der Waals surface area contributed by atoms with E-state index in [2.05, 4.69) is 63.5 Å². The minimum Gasteiger partial charge on any atom is -0.357 e. The molecule has 6 heteroatoms. The van der Waals surface area contributed by atoms with E-state index in [1.807, 2.05) is 0 Å². The van der Waals surface area contributed by atoms with E-state index < -0.39 is 0 Å². The highest BCUT2D eigenvalue weighted by molar-refractivity contribution is 5.79. The molecule has 0 saturated carbocycles. The van der Waals surface area contributed by atoms with Gasteiger partial charge in [0, 0.05) is 32.5 Å². The molecule has 0 spiro atoms. The molecule has 27 heavy (non-hydrogen) atoms. The van der Waals surface area contributed by atoms with Crippen molar-refractivity contribution in [1.29, 1.82) is 0 Å². The van der Waals surface area contributed by atoms with Crippen LogP contribution in [0.2, 0.25) is 0 Å². The molecule has 1 aliphatic heterocycles. The Morgan fingerprint density at radius 1 is 1.19 bits per heavy atom. The van der Waals surface area contributed by atoms with Crippen LogP contribution in [-0.4, -0.2) is 33.8 Å². The maximum Gasteiger partial charge on any atom is 0.191 e. The van der Waals surface area contributed by atoms with Gasteiger partial charge in [0.05, 0.1) is 6.54 Å². The van der Waals surface area contributed by atoms with Crippen molar-refractivity contribution >= 4 is 5.96 Å². The molecule has 0 aliphatic carbocycles. The van der Waals surface area contributed by atoms with Gasteiger partial charge < -0.3 is 15.2 Å². The van der Waals surface area contributed by atoms with Gasteiger partial charge in [0.15, 0.2) is 5.96 Å². The molecule has 1 aliphatic rings. The fourth-order valence-electron chi connectivity index (χ4n) is 3.51. The molecule has 0 atom stereocenters. The van der Waals surface area contributed by atoms with E-state index in [1.54, 1.807) is 0 Å². The molecule has 1 aromatic carbocycles. The molecule has 0 bridgehead atoms. The summed E-state index contributed by atoms with van der Waals surface area (Å²) in [5.41, 5.74) is 2.51. The number of guanidine groups is 1. The van der Waals surface area contributed by atoms with Gasteiger partial charge in [0.25, 0.3) is 0 Å². The number of nitrogens with one attached hydrogen (secondary N) is 2. The van der Waals surface area contributed by atoms with Crippen LogP contribution in [0.4, 0.5) is 0 Å². The topological polar surface area (TPSA) is 67.1 Å².